The fourth-order valence-corrected chi connectivity index (χ4v) is 9.13. The van der Waals surface area contributed by atoms with Gasteiger partial charge in [0, 0.05) is 17.8 Å². The van der Waals surface area contributed by atoms with Gasteiger partial charge in [-0.1, -0.05) is 20.8 Å². The van der Waals surface area contributed by atoms with E-state index in [4.69, 9.17) is 52.1 Å². The third kappa shape index (κ3) is 11.4. The van der Waals surface area contributed by atoms with Crippen molar-refractivity contribution in [2.24, 2.45) is 17.8 Å². The van der Waals surface area contributed by atoms with Gasteiger partial charge in [-0.05, 0) is 6.92 Å². The Labute approximate surface area is 384 Å². The number of hydrogen-bond acceptors (Lipinski definition) is 27. The monoisotopic (exact) mass is 982 g/mol. The molecule has 27 nitrogen and oxygen atoms in total. The van der Waals surface area contributed by atoms with E-state index in [1.165, 1.54) is 13.8 Å². The molecule has 6 heterocycles. The van der Waals surface area contributed by atoms with E-state index in [2.05, 4.69) is 0 Å². The summed E-state index contributed by atoms with van der Waals surface area (Å²) >= 11 is 0. The number of aliphatic hydroxyl groups is 16. The Bertz CT molecular complexity index is 1500. The Kier molecular flexibility index (Phi) is 19.5. The SMILES string of the molecule is C[C@@H]1OC(CO)[C@@H](O[C@@H]2OC(CO)[C@@H](O[C@@H]3OC(CO[C@H]4OC(CO)[C@@H](O)C(O)[C@H]4O)[C@@H](O)C(OC4O[C@H](CO)[C@@H](O)C(O)C4O[C@@H]4OC(CO)[C@@H](O)C(O)[C@@H]4C)[C@H]3O)C(O)[C@@H]2C)C(O)[C@@H]1C. The summed E-state index contributed by atoms with van der Waals surface area (Å²) in [5.41, 5.74) is 0. The Balaban J connectivity index is 1.27. The summed E-state index contributed by atoms with van der Waals surface area (Å²) in [6, 6.07) is 0. The van der Waals surface area contributed by atoms with Crippen LogP contribution in [0.3, 0.4) is 0 Å². The van der Waals surface area contributed by atoms with E-state index in [0.29, 0.717) is 0 Å². The third-order valence-corrected chi connectivity index (χ3v) is 13.8. The molecule has 392 valence electrons. The van der Waals surface area contributed by atoms with Crippen LogP contribution in [0.4, 0.5) is 0 Å². The molecule has 0 bridgehead atoms. The minimum Gasteiger partial charge on any atom is -0.394 e. The number of hydrogen-bond donors (Lipinski definition) is 16. The molecular weight excluding hydrogens is 912 g/mol. The van der Waals surface area contributed by atoms with Crippen LogP contribution in [0.2, 0.25) is 0 Å². The summed E-state index contributed by atoms with van der Waals surface area (Å²) in [5.74, 6) is -2.52. The lowest BCUT2D eigenvalue weighted by Crippen LogP contribution is -2.67. The highest BCUT2D eigenvalue weighted by Gasteiger charge is 2.57. The molecule has 0 aromatic heterocycles. The van der Waals surface area contributed by atoms with Crippen molar-refractivity contribution in [1.29, 1.82) is 0 Å². The van der Waals surface area contributed by atoms with E-state index in [0.717, 1.165) is 0 Å². The summed E-state index contributed by atoms with van der Waals surface area (Å²) in [6.07, 6.45) is -43.4. The fourth-order valence-electron chi connectivity index (χ4n) is 9.13. The summed E-state index contributed by atoms with van der Waals surface area (Å²) < 4.78 is 64.6. The predicted molar refractivity (Wildman–Crippen MR) is 212 cm³/mol. The first-order valence-corrected chi connectivity index (χ1v) is 22.4. The highest BCUT2D eigenvalue weighted by Crippen LogP contribution is 2.38. The largest absolute Gasteiger partial charge is 0.394 e. The molecule has 6 aliphatic rings. The standard InChI is InChI=1S/C40H70O27/c1-11-14(4)58-18(8-44)32(22(11)47)64-37-13(3)23(48)33(19(9-45)62-37)65-39-31(56)34(27(52)20(63-39)10-57-38-30(55)28(53)25(50)16(6-42)60-38)66-40-35(29(54)26(51)17(7-43)61-40)67-36-12(2)21(46)24(49)15(5-41)59-36/h11-56H,5-10H2,1-4H3/t11-,12+,13+,14+,15?,16?,17-,18?,19?,20?,21?,22?,23?,24-,25-,26-,27-,28?,29?,30-,31-,32-,33-,34?,35?,36+,37+,38+,39+,40?/m1/s1. The molecule has 0 radical (unpaired) electrons. The Hall–Kier alpha value is -1.08. The van der Waals surface area contributed by atoms with Crippen LogP contribution in [-0.2, 0) is 52.1 Å². The van der Waals surface area contributed by atoms with Gasteiger partial charge in [-0.25, -0.2) is 0 Å². The minimum absolute atomic E-state index is 0.442. The molecule has 0 spiro atoms. The molecule has 0 saturated carbocycles. The summed E-state index contributed by atoms with van der Waals surface area (Å²) in [6.45, 7) is 1.65. The molecule has 27 heteroatoms. The van der Waals surface area contributed by atoms with Crippen molar-refractivity contribution in [1.82, 2.24) is 0 Å². The highest BCUT2D eigenvalue weighted by atomic mass is 16.8. The first-order chi connectivity index (χ1) is 31.7. The summed E-state index contributed by atoms with van der Waals surface area (Å²) in [4.78, 5) is 0. The summed E-state index contributed by atoms with van der Waals surface area (Å²) in [7, 11) is 0. The Morgan fingerprint density at radius 1 is 0.299 bits per heavy atom. The lowest BCUT2D eigenvalue weighted by atomic mass is 9.88. The fraction of sp³-hybridized carbons (Fsp3) is 1.00. The van der Waals surface area contributed by atoms with Gasteiger partial charge in [-0.3, -0.25) is 0 Å². The van der Waals surface area contributed by atoms with Gasteiger partial charge in [0.15, 0.2) is 31.5 Å². The molecule has 16 N–H and O–H groups in total. The highest BCUT2D eigenvalue weighted by molar-refractivity contribution is 4.99. The van der Waals surface area contributed by atoms with E-state index >= 15 is 0 Å². The molecule has 30 atom stereocenters. The van der Waals surface area contributed by atoms with Crippen molar-refractivity contribution < 1.29 is 134 Å². The topological polar surface area (TPSA) is 425 Å². The first kappa shape index (κ1) is 55.2. The van der Waals surface area contributed by atoms with Crippen molar-refractivity contribution in [2.45, 2.75) is 193 Å². The third-order valence-electron chi connectivity index (χ3n) is 13.8. The normalized spacial score (nSPS) is 53.4. The van der Waals surface area contributed by atoms with Crippen molar-refractivity contribution in [3.63, 3.8) is 0 Å². The van der Waals surface area contributed by atoms with Crippen LogP contribution in [0.5, 0.6) is 0 Å². The molecule has 67 heavy (non-hydrogen) atoms. The van der Waals surface area contributed by atoms with Gasteiger partial charge in [0.25, 0.3) is 0 Å². The van der Waals surface area contributed by atoms with Crippen LogP contribution in [0.15, 0.2) is 0 Å². The van der Waals surface area contributed by atoms with Crippen LogP contribution >= 0.6 is 0 Å². The second-order valence-corrected chi connectivity index (χ2v) is 18.2. The van der Waals surface area contributed by atoms with Crippen LogP contribution < -0.4 is 0 Å². The van der Waals surface area contributed by atoms with E-state index in [9.17, 15) is 81.7 Å². The molecule has 13 unspecified atom stereocenters. The maximum Gasteiger partial charge on any atom is 0.187 e. The van der Waals surface area contributed by atoms with Gasteiger partial charge < -0.3 is 134 Å². The second-order valence-electron chi connectivity index (χ2n) is 18.2. The summed E-state index contributed by atoms with van der Waals surface area (Å²) in [5, 5.41) is 171. The van der Waals surface area contributed by atoms with E-state index in [-0.39, 0.29) is 0 Å². The maximum absolute atomic E-state index is 11.9. The van der Waals surface area contributed by atoms with Crippen LogP contribution in [0.25, 0.3) is 0 Å². The van der Waals surface area contributed by atoms with Gasteiger partial charge in [0.05, 0.1) is 64.1 Å². The zero-order valence-corrected chi connectivity index (χ0v) is 37.2. The van der Waals surface area contributed by atoms with Gasteiger partial charge in [-0.15, -0.1) is 0 Å². The number of ether oxygens (including phenoxy) is 11. The van der Waals surface area contributed by atoms with E-state index < -0.39 is 223 Å². The first-order valence-electron chi connectivity index (χ1n) is 22.4. The number of rotatable bonds is 16. The molecule has 0 amide bonds. The van der Waals surface area contributed by atoms with Crippen molar-refractivity contribution in [3.8, 4) is 0 Å². The Morgan fingerprint density at radius 2 is 0.701 bits per heavy atom. The quantitative estimate of drug-likeness (QED) is 0.0683. The number of aliphatic hydroxyl groups excluding tert-OH is 16. The molecular formula is C40H70O27. The minimum atomic E-state index is -2.13. The Morgan fingerprint density at radius 3 is 1.27 bits per heavy atom. The smallest absolute Gasteiger partial charge is 0.187 e. The predicted octanol–water partition coefficient (Wildman–Crippen LogP) is -9.20. The van der Waals surface area contributed by atoms with Crippen molar-refractivity contribution in [3.05, 3.63) is 0 Å². The zero-order valence-electron chi connectivity index (χ0n) is 37.2. The lowest BCUT2D eigenvalue weighted by Gasteiger charge is -2.50. The van der Waals surface area contributed by atoms with Gasteiger partial charge in [-0.2, -0.15) is 0 Å². The van der Waals surface area contributed by atoms with Gasteiger partial charge >= 0.3 is 0 Å². The molecule has 6 saturated heterocycles. The van der Waals surface area contributed by atoms with Crippen LogP contribution in [-0.4, -0.2) is 287 Å². The second kappa shape index (κ2) is 23.6. The molecule has 0 aromatic rings. The lowest BCUT2D eigenvalue weighted by molar-refractivity contribution is -0.397. The van der Waals surface area contributed by atoms with Crippen molar-refractivity contribution in [2.75, 3.05) is 39.6 Å². The zero-order chi connectivity index (χ0) is 49.3. The van der Waals surface area contributed by atoms with E-state index in [1.807, 2.05) is 0 Å². The van der Waals surface area contributed by atoms with E-state index in [1.54, 1.807) is 13.8 Å². The molecule has 6 fully saturated rings. The van der Waals surface area contributed by atoms with Gasteiger partial charge in [0.1, 0.15) is 110 Å². The molecule has 6 rings (SSSR count). The average molecular weight is 983 g/mol. The van der Waals surface area contributed by atoms with Crippen LogP contribution in [0.1, 0.15) is 27.7 Å². The molecule has 6 aliphatic heterocycles. The average Bonchev–Trinajstić information content (AvgIpc) is 3.32. The van der Waals surface area contributed by atoms with Gasteiger partial charge in [0.2, 0.25) is 0 Å². The molecule has 0 aliphatic carbocycles. The maximum atomic E-state index is 11.9. The van der Waals surface area contributed by atoms with Crippen molar-refractivity contribution >= 4 is 0 Å². The van der Waals surface area contributed by atoms with Crippen LogP contribution in [0, 0.1) is 17.8 Å². The molecule has 0 aromatic carbocycles.